The van der Waals surface area contributed by atoms with E-state index in [-0.39, 0.29) is 44.3 Å². The minimum atomic E-state index is -4.98. The fraction of sp³-hybridized carbons (Fsp3) is 0.737. The Hall–Kier alpha value is 0.236. The van der Waals surface area contributed by atoms with Crippen molar-refractivity contribution in [3.63, 3.8) is 0 Å². The summed E-state index contributed by atoms with van der Waals surface area (Å²) in [4.78, 5) is 0. The fourth-order valence-electron chi connectivity index (χ4n) is 0.506. The predicted molar refractivity (Wildman–Crippen MR) is 114 cm³/mol. The minimum absolute atomic E-state index is 0. The maximum Gasteiger partial charge on any atom is 4.00 e. The number of nitrogens with one attached hydrogen (secondary N) is 3. The molecule has 3 atom stereocenters. The van der Waals surface area contributed by atoms with Crippen molar-refractivity contribution in [1.82, 2.24) is 0 Å². The summed E-state index contributed by atoms with van der Waals surface area (Å²) in [6, 6.07) is 10.4. The molecule has 0 aliphatic carbocycles. The molecule has 0 amide bonds. The number of halogens is 6. The van der Waals surface area contributed by atoms with Gasteiger partial charge in [0.25, 0.3) is 0 Å². The molecule has 30 heavy (non-hydrogen) atoms. The zero-order valence-corrected chi connectivity index (χ0v) is 23.5. The van der Waals surface area contributed by atoms with E-state index < -0.39 is 25.4 Å². The van der Waals surface area contributed by atoms with Gasteiger partial charge in [-0.2, -0.15) is 18.2 Å². The standard InChI is InChI=1S/C5H5.3C4H10N.C2HF6Ge.Zr/c1-2-4-5-3-1;3*1-3-4(2)5;3-1(4,5)9-2(6,7)8;/h1-5H;3*4-5H,3H2,1-2H3;9H;/q4*-1;;+4. The van der Waals surface area contributed by atoms with Crippen molar-refractivity contribution in [3.8, 4) is 0 Å². The first-order valence-corrected chi connectivity index (χ1v) is 11.7. The van der Waals surface area contributed by atoms with Crippen molar-refractivity contribution in [2.45, 2.75) is 88.9 Å². The van der Waals surface area contributed by atoms with Gasteiger partial charge in [0.2, 0.25) is 0 Å². The maximum atomic E-state index is 10.9. The van der Waals surface area contributed by atoms with Crippen LogP contribution in [0.15, 0.2) is 30.3 Å². The molecule has 177 valence electrons. The van der Waals surface area contributed by atoms with Crippen molar-refractivity contribution < 1.29 is 52.5 Å². The van der Waals surface area contributed by atoms with Crippen LogP contribution in [0.3, 0.4) is 0 Å². The number of hydrogen-bond acceptors (Lipinski definition) is 0. The molecule has 1 rings (SSSR count). The number of alkyl halides is 6. The van der Waals surface area contributed by atoms with Gasteiger partial charge in [0.05, 0.1) is 0 Å². The fourth-order valence-corrected chi connectivity index (χ4v) is 1.29. The molecule has 0 saturated carbocycles. The van der Waals surface area contributed by atoms with Crippen LogP contribution in [0, 0.1) is 0 Å². The number of hydrogen-bond donors (Lipinski definition) is 0. The summed E-state index contributed by atoms with van der Waals surface area (Å²) < 4.78 is 65.4. The molecule has 0 aliphatic rings. The molecule has 1 radical (unpaired) electrons. The van der Waals surface area contributed by atoms with Crippen molar-refractivity contribution in [3.05, 3.63) is 47.5 Å². The van der Waals surface area contributed by atoms with Crippen molar-refractivity contribution in [2.75, 3.05) is 0 Å². The van der Waals surface area contributed by atoms with Crippen LogP contribution in [0.2, 0.25) is 0 Å². The third-order valence-corrected chi connectivity index (χ3v) is 4.09. The Balaban J connectivity index is -0.0000000884. The van der Waals surface area contributed by atoms with Gasteiger partial charge in [0.15, 0.2) is 0 Å². The van der Waals surface area contributed by atoms with E-state index in [0.717, 1.165) is 19.3 Å². The molecule has 0 aliphatic heterocycles. The maximum absolute atomic E-state index is 10.9. The van der Waals surface area contributed by atoms with Gasteiger partial charge in [0, 0.05) is 0 Å². The SMILES string of the molecule is CCC(C)[NH-].CCC(C)[NH-].CCC(C)[NH-].F[C](F)(F)[GeH][C](F)(F)F.[Zr+4].c1cc[cH-]c1. The largest absolute Gasteiger partial charge is 4.00 e. The van der Waals surface area contributed by atoms with Crippen molar-refractivity contribution in [2.24, 2.45) is 0 Å². The zero-order valence-electron chi connectivity index (χ0n) is 18.6. The smallest absolute Gasteiger partial charge is 0.214 e. The van der Waals surface area contributed by atoms with Crippen molar-refractivity contribution >= 4 is 15.4 Å². The molecule has 11 heteroatoms. The molecule has 0 aromatic heterocycles. The van der Waals surface area contributed by atoms with E-state index in [9.17, 15) is 26.3 Å². The molecule has 3 nitrogen and oxygen atoms in total. The van der Waals surface area contributed by atoms with Gasteiger partial charge in [-0.1, -0.05) is 60.8 Å². The first-order valence-electron chi connectivity index (χ1n) is 9.32. The first kappa shape index (κ1) is 40.6. The Morgan fingerprint density at radius 2 is 0.900 bits per heavy atom. The van der Waals surface area contributed by atoms with Gasteiger partial charge in [-0.05, 0) is 0 Å². The quantitative estimate of drug-likeness (QED) is 0.195. The summed E-state index contributed by atoms with van der Waals surface area (Å²) in [5.41, 5.74) is 20.5. The van der Waals surface area contributed by atoms with E-state index in [2.05, 4.69) is 0 Å². The van der Waals surface area contributed by atoms with Crippen LogP contribution in [0.4, 0.5) is 26.3 Å². The van der Waals surface area contributed by atoms with Crippen LogP contribution in [0.1, 0.15) is 60.8 Å². The van der Waals surface area contributed by atoms with E-state index in [1.807, 2.05) is 71.9 Å². The molecule has 1 aromatic carbocycles. The zero-order chi connectivity index (χ0) is 24.1. The van der Waals surface area contributed by atoms with Crippen LogP contribution < -0.4 is 0 Å². The van der Waals surface area contributed by atoms with Crippen LogP contribution in [-0.2, 0) is 26.2 Å². The molecular weight excluding hydrogens is 548 g/mol. The molecule has 1 aromatic rings. The van der Waals surface area contributed by atoms with Gasteiger partial charge in [0.1, 0.15) is 0 Å². The second kappa shape index (κ2) is 25.5. The molecule has 0 heterocycles. The Morgan fingerprint density at radius 1 is 0.700 bits per heavy atom. The Labute approximate surface area is 203 Å². The van der Waals surface area contributed by atoms with Gasteiger partial charge >= 0.3 is 78.0 Å². The Kier molecular flexibility index (Phi) is 34.5. The molecule has 3 unspecified atom stereocenters. The Bertz CT molecular complexity index is 350. The first-order chi connectivity index (χ1) is 13.0. The molecule has 0 saturated heterocycles. The molecule has 0 fully saturated rings. The second-order valence-corrected chi connectivity index (χ2v) is 9.47. The van der Waals surface area contributed by atoms with E-state index in [1.165, 1.54) is 0 Å². The van der Waals surface area contributed by atoms with E-state index in [0.29, 0.717) is 0 Å². The van der Waals surface area contributed by atoms with Crippen LogP contribution in [-0.4, -0.2) is 43.6 Å². The summed E-state index contributed by atoms with van der Waals surface area (Å²) in [6.45, 7) is 11.7. The van der Waals surface area contributed by atoms with E-state index in [4.69, 9.17) is 17.2 Å². The molecule has 0 spiro atoms. The molecule has 0 bridgehead atoms. The minimum Gasteiger partial charge on any atom is -0.214 e. The monoisotopic (exact) mass is 584 g/mol. The summed E-state index contributed by atoms with van der Waals surface area (Å²) in [7, 11) is 0. The summed E-state index contributed by atoms with van der Waals surface area (Å²) in [5, 5.41) is -9.97. The summed E-state index contributed by atoms with van der Waals surface area (Å²) in [5.74, 6) is 0. The average molecular weight is 584 g/mol. The van der Waals surface area contributed by atoms with E-state index in [1.54, 1.807) is 0 Å². The van der Waals surface area contributed by atoms with Gasteiger partial charge in [-0.15, -0.1) is 18.1 Å². The van der Waals surface area contributed by atoms with Gasteiger partial charge in [-0.3, -0.25) is 0 Å². The number of rotatable bonds is 3. The van der Waals surface area contributed by atoms with Gasteiger partial charge < -0.3 is 17.2 Å². The summed E-state index contributed by atoms with van der Waals surface area (Å²) in [6.07, 6.45) is 2.92. The van der Waals surface area contributed by atoms with Crippen LogP contribution in [0.5, 0.6) is 0 Å². The van der Waals surface area contributed by atoms with Crippen LogP contribution in [0.25, 0.3) is 17.2 Å². The van der Waals surface area contributed by atoms with E-state index >= 15 is 0 Å². The average Bonchev–Trinajstić information content (AvgIpc) is 3.12. The topological polar surface area (TPSA) is 71.4 Å². The molecular formula is C19H36F6GeN3Zr. The van der Waals surface area contributed by atoms with Crippen molar-refractivity contribution in [1.29, 1.82) is 0 Å². The summed E-state index contributed by atoms with van der Waals surface area (Å²) >= 11 is -4.06. The Morgan fingerprint density at radius 3 is 0.933 bits per heavy atom. The third kappa shape index (κ3) is 70.5. The predicted octanol–water partition coefficient (Wildman–Crippen LogP) is 8.38. The van der Waals surface area contributed by atoms with Gasteiger partial charge in [-0.25, -0.2) is 12.1 Å². The second-order valence-electron chi connectivity index (χ2n) is 6.12. The molecule has 3 N–H and O–H groups in total. The normalized spacial score (nSPS) is 13.0. The van der Waals surface area contributed by atoms with Crippen LogP contribution >= 0.6 is 0 Å². The third-order valence-electron chi connectivity index (χ3n) is 2.72.